The van der Waals surface area contributed by atoms with Crippen LogP contribution in [-0.4, -0.2) is 39.6 Å². The maximum Gasteiger partial charge on any atom is 0.222 e. The highest BCUT2D eigenvalue weighted by molar-refractivity contribution is 5.76. The number of amides is 1. The van der Waals surface area contributed by atoms with Gasteiger partial charge in [-0.15, -0.1) is 0 Å². The number of rotatable bonds is 6. The van der Waals surface area contributed by atoms with E-state index in [0.717, 1.165) is 38.6 Å². The summed E-state index contributed by atoms with van der Waals surface area (Å²) in [5.74, 6) is 0.935. The molecule has 4 nitrogen and oxygen atoms in total. The first-order chi connectivity index (χ1) is 10.7. The number of likely N-dealkylation sites (tertiary alicyclic amines) is 1. The van der Waals surface area contributed by atoms with Crippen molar-refractivity contribution in [2.75, 3.05) is 6.54 Å². The van der Waals surface area contributed by atoms with Crippen molar-refractivity contribution in [1.82, 2.24) is 9.88 Å². The van der Waals surface area contributed by atoms with Crippen molar-refractivity contribution in [2.24, 2.45) is 5.92 Å². The summed E-state index contributed by atoms with van der Waals surface area (Å²) in [5, 5.41) is 9.85. The molecular formula is C18H26N2O2. The van der Waals surface area contributed by atoms with Crippen LogP contribution in [0.1, 0.15) is 50.5 Å². The van der Waals surface area contributed by atoms with Crippen molar-refractivity contribution < 1.29 is 9.90 Å². The zero-order valence-corrected chi connectivity index (χ0v) is 13.2. The average molecular weight is 302 g/mol. The van der Waals surface area contributed by atoms with E-state index in [2.05, 4.69) is 16.0 Å². The van der Waals surface area contributed by atoms with Gasteiger partial charge in [-0.05, 0) is 62.5 Å². The quantitative estimate of drug-likeness (QED) is 0.822. The largest absolute Gasteiger partial charge is 0.393 e. The topological polar surface area (TPSA) is 53.4 Å². The van der Waals surface area contributed by atoms with E-state index in [4.69, 9.17) is 0 Å². The standard InChI is InChI=1S/C18H26N2O2/c21-16-9-11-20(17(12-16)15-7-8-15)18(22)6-2-1-4-14-5-3-10-19-13-14/h3,5,10,13,15-17,21H,1-2,4,6-9,11-12H2/t16-,17+/m0/s1. The van der Waals surface area contributed by atoms with E-state index in [0.29, 0.717) is 18.4 Å². The molecule has 3 rings (SSSR count). The van der Waals surface area contributed by atoms with E-state index in [1.54, 1.807) is 6.20 Å². The van der Waals surface area contributed by atoms with Crippen LogP contribution in [0.15, 0.2) is 24.5 Å². The van der Waals surface area contributed by atoms with Crippen LogP contribution in [0.3, 0.4) is 0 Å². The molecule has 4 heteroatoms. The average Bonchev–Trinajstić information content (AvgIpc) is 3.37. The number of unbranched alkanes of at least 4 members (excludes halogenated alkanes) is 1. The molecule has 0 unspecified atom stereocenters. The van der Waals surface area contributed by atoms with Gasteiger partial charge in [-0.3, -0.25) is 9.78 Å². The number of aliphatic hydroxyl groups excluding tert-OH is 1. The summed E-state index contributed by atoms with van der Waals surface area (Å²) < 4.78 is 0. The lowest BCUT2D eigenvalue weighted by molar-refractivity contribution is -0.137. The lowest BCUT2D eigenvalue weighted by atomic mass is 9.95. The molecule has 0 aromatic carbocycles. The first kappa shape index (κ1) is 15.5. The van der Waals surface area contributed by atoms with Gasteiger partial charge in [-0.1, -0.05) is 6.07 Å². The zero-order chi connectivity index (χ0) is 15.4. The lowest BCUT2D eigenvalue weighted by Crippen LogP contribution is -2.48. The maximum absolute atomic E-state index is 12.5. The Hall–Kier alpha value is -1.42. The summed E-state index contributed by atoms with van der Waals surface area (Å²) in [7, 11) is 0. The molecule has 1 saturated heterocycles. The molecule has 1 saturated carbocycles. The van der Waals surface area contributed by atoms with Gasteiger partial charge in [0.15, 0.2) is 0 Å². The predicted octanol–water partition coefficient (Wildman–Crippen LogP) is 2.56. The highest BCUT2D eigenvalue weighted by Crippen LogP contribution is 2.39. The molecule has 0 spiro atoms. The maximum atomic E-state index is 12.5. The van der Waals surface area contributed by atoms with Gasteiger partial charge < -0.3 is 10.0 Å². The molecule has 22 heavy (non-hydrogen) atoms. The Morgan fingerprint density at radius 3 is 2.91 bits per heavy atom. The number of aliphatic hydroxyl groups is 1. The summed E-state index contributed by atoms with van der Waals surface area (Å²) in [5.41, 5.74) is 1.24. The predicted molar refractivity (Wildman–Crippen MR) is 85.3 cm³/mol. The second-order valence-corrected chi connectivity index (χ2v) is 6.74. The fraction of sp³-hybridized carbons (Fsp3) is 0.667. The number of pyridine rings is 1. The smallest absolute Gasteiger partial charge is 0.222 e. The number of hydrogen-bond donors (Lipinski definition) is 1. The zero-order valence-electron chi connectivity index (χ0n) is 13.2. The summed E-state index contributed by atoms with van der Waals surface area (Å²) in [6.07, 6.45) is 11.0. The number of aromatic nitrogens is 1. The number of nitrogens with zero attached hydrogens (tertiary/aromatic N) is 2. The molecule has 1 N–H and O–H groups in total. The SMILES string of the molecule is O=C(CCCCc1cccnc1)N1CC[C@H](O)C[C@@H]1C1CC1. The van der Waals surface area contributed by atoms with Gasteiger partial charge in [0.1, 0.15) is 0 Å². The van der Waals surface area contributed by atoms with Crippen LogP contribution in [0.4, 0.5) is 0 Å². The molecular weight excluding hydrogens is 276 g/mol. The first-order valence-electron chi connectivity index (χ1n) is 8.60. The van der Waals surface area contributed by atoms with Crippen molar-refractivity contribution >= 4 is 5.91 Å². The fourth-order valence-corrected chi connectivity index (χ4v) is 3.51. The van der Waals surface area contributed by atoms with E-state index < -0.39 is 0 Å². The van der Waals surface area contributed by atoms with E-state index in [1.807, 2.05) is 12.3 Å². The Balaban J connectivity index is 1.43. The molecule has 2 aliphatic rings. The molecule has 0 bridgehead atoms. The van der Waals surface area contributed by atoms with Crippen molar-refractivity contribution in [3.8, 4) is 0 Å². The highest BCUT2D eigenvalue weighted by atomic mass is 16.3. The molecule has 1 aromatic heterocycles. The Morgan fingerprint density at radius 1 is 1.32 bits per heavy atom. The van der Waals surface area contributed by atoms with Gasteiger partial charge >= 0.3 is 0 Å². The van der Waals surface area contributed by atoms with Gasteiger partial charge in [0.2, 0.25) is 5.91 Å². The van der Waals surface area contributed by atoms with Crippen molar-refractivity contribution in [2.45, 2.75) is 63.5 Å². The number of aryl methyl sites for hydroxylation is 1. The van der Waals surface area contributed by atoms with E-state index in [-0.39, 0.29) is 12.0 Å². The lowest BCUT2D eigenvalue weighted by Gasteiger charge is -2.38. The normalized spacial score (nSPS) is 25.2. The van der Waals surface area contributed by atoms with E-state index >= 15 is 0 Å². The summed E-state index contributed by atoms with van der Waals surface area (Å²) in [6.45, 7) is 0.740. The second-order valence-electron chi connectivity index (χ2n) is 6.74. The van der Waals surface area contributed by atoms with Crippen LogP contribution in [0.25, 0.3) is 0 Å². The Labute approximate surface area is 132 Å². The molecule has 1 aromatic rings. The van der Waals surface area contributed by atoms with Crippen LogP contribution < -0.4 is 0 Å². The van der Waals surface area contributed by atoms with Crippen LogP contribution in [0.2, 0.25) is 0 Å². The van der Waals surface area contributed by atoms with E-state index in [1.165, 1.54) is 18.4 Å². The van der Waals surface area contributed by atoms with Crippen molar-refractivity contribution in [3.05, 3.63) is 30.1 Å². The third-order valence-electron chi connectivity index (χ3n) is 4.93. The van der Waals surface area contributed by atoms with E-state index in [9.17, 15) is 9.90 Å². The van der Waals surface area contributed by atoms with Gasteiger partial charge in [0.05, 0.1) is 6.10 Å². The molecule has 120 valence electrons. The minimum atomic E-state index is -0.208. The molecule has 1 aliphatic heterocycles. The number of hydrogen-bond acceptors (Lipinski definition) is 3. The molecule has 2 heterocycles. The van der Waals surface area contributed by atoms with Crippen molar-refractivity contribution in [3.63, 3.8) is 0 Å². The summed E-state index contributed by atoms with van der Waals surface area (Å²) in [6, 6.07) is 4.35. The minimum Gasteiger partial charge on any atom is -0.393 e. The summed E-state index contributed by atoms with van der Waals surface area (Å²) >= 11 is 0. The van der Waals surface area contributed by atoms with Crippen LogP contribution in [-0.2, 0) is 11.2 Å². The van der Waals surface area contributed by atoms with Gasteiger partial charge in [-0.2, -0.15) is 0 Å². The Kier molecular flexibility index (Phi) is 5.08. The van der Waals surface area contributed by atoms with Crippen LogP contribution >= 0.6 is 0 Å². The highest BCUT2D eigenvalue weighted by Gasteiger charge is 2.40. The third kappa shape index (κ3) is 4.07. The first-order valence-corrected chi connectivity index (χ1v) is 8.60. The number of carbonyl (C=O) groups excluding carboxylic acids is 1. The fourth-order valence-electron chi connectivity index (χ4n) is 3.51. The number of carbonyl (C=O) groups is 1. The molecule has 2 atom stereocenters. The van der Waals surface area contributed by atoms with Crippen LogP contribution in [0, 0.1) is 5.92 Å². The Bertz CT molecular complexity index is 487. The third-order valence-corrected chi connectivity index (χ3v) is 4.93. The number of piperidine rings is 1. The Morgan fingerprint density at radius 2 is 2.18 bits per heavy atom. The molecule has 1 aliphatic carbocycles. The van der Waals surface area contributed by atoms with Crippen LogP contribution in [0.5, 0.6) is 0 Å². The second kappa shape index (κ2) is 7.23. The van der Waals surface area contributed by atoms with Gasteiger partial charge in [0.25, 0.3) is 0 Å². The monoisotopic (exact) mass is 302 g/mol. The molecule has 2 fully saturated rings. The molecule has 1 amide bonds. The van der Waals surface area contributed by atoms with Crippen molar-refractivity contribution in [1.29, 1.82) is 0 Å². The molecule has 0 radical (unpaired) electrons. The summed E-state index contributed by atoms with van der Waals surface area (Å²) in [4.78, 5) is 18.7. The minimum absolute atomic E-state index is 0.208. The van der Waals surface area contributed by atoms with Gasteiger partial charge in [-0.25, -0.2) is 0 Å². The van der Waals surface area contributed by atoms with Gasteiger partial charge in [0, 0.05) is 31.4 Å².